The molecular formula is C32H27ClN2O3S. The molecule has 6 rings (SSSR count). The fraction of sp³-hybridized carbons (Fsp3) is 0.188. The number of ether oxygens (including phenoxy) is 2. The molecule has 2 heterocycles. The van der Waals surface area contributed by atoms with Crippen LogP contribution in [0.3, 0.4) is 0 Å². The van der Waals surface area contributed by atoms with Crippen LogP contribution < -0.4 is 24.4 Å². The highest BCUT2D eigenvalue weighted by Gasteiger charge is 2.32. The Morgan fingerprint density at radius 1 is 0.872 bits per heavy atom. The first kappa shape index (κ1) is 25.4. The van der Waals surface area contributed by atoms with Crippen molar-refractivity contribution in [2.45, 2.75) is 25.3 Å². The molecule has 4 aromatic rings. The van der Waals surface area contributed by atoms with Gasteiger partial charge < -0.3 is 9.47 Å². The van der Waals surface area contributed by atoms with Crippen LogP contribution in [0.2, 0.25) is 5.02 Å². The van der Waals surface area contributed by atoms with Crippen molar-refractivity contribution in [3.63, 3.8) is 0 Å². The summed E-state index contributed by atoms with van der Waals surface area (Å²) in [5.41, 5.74) is 6.40. The molecule has 1 atom stereocenters. The van der Waals surface area contributed by atoms with Crippen LogP contribution in [0, 0.1) is 0 Å². The van der Waals surface area contributed by atoms with Crippen molar-refractivity contribution in [2.24, 2.45) is 4.99 Å². The van der Waals surface area contributed by atoms with Gasteiger partial charge in [0.15, 0.2) is 4.80 Å². The topological polar surface area (TPSA) is 52.8 Å². The summed E-state index contributed by atoms with van der Waals surface area (Å²) < 4.78 is 13.2. The molecule has 196 valence electrons. The molecule has 1 aliphatic heterocycles. The van der Waals surface area contributed by atoms with Crippen LogP contribution in [0.15, 0.2) is 99.4 Å². The number of benzene rings is 3. The van der Waals surface area contributed by atoms with Crippen LogP contribution >= 0.6 is 22.9 Å². The maximum absolute atomic E-state index is 13.9. The number of rotatable bonds is 5. The second kappa shape index (κ2) is 10.7. The second-order valence-electron chi connectivity index (χ2n) is 9.58. The Bertz CT molecular complexity index is 1760. The SMILES string of the molecule is COc1ccc(/C=C2\CCCC3=C2N=c2sc(=Cc4ccc(Cl)cc4)c(=O)n2[C@@H]3c2ccc(OC)cc2)cc1. The number of fused-ring (bicyclic) bond motifs is 1. The van der Waals surface area contributed by atoms with E-state index >= 15 is 0 Å². The van der Waals surface area contributed by atoms with E-state index in [2.05, 4.69) is 30.3 Å². The first-order chi connectivity index (χ1) is 19.0. The number of halogens is 1. The number of methoxy groups -OCH3 is 2. The molecule has 3 aromatic carbocycles. The highest BCUT2D eigenvalue weighted by atomic mass is 35.5. The highest BCUT2D eigenvalue weighted by Crippen LogP contribution is 2.41. The predicted molar refractivity (Wildman–Crippen MR) is 157 cm³/mol. The summed E-state index contributed by atoms with van der Waals surface area (Å²) in [6, 6.07) is 23.4. The Labute approximate surface area is 235 Å². The van der Waals surface area contributed by atoms with Crippen molar-refractivity contribution in [1.29, 1.82) is 0 Å². The zero-order valence-corrected chi connectivity index (χ0v) is 23.3. The van der Waals surface area contributed by atoms with Crippen LogP contribution in [-0.2, 0) is 0 Å². The maximum Gasteiger partial charge on any atom is 0.271 e. The molecule has 0 N–H and O–H groups in total. The van der Waals surface area contributed by atoms with Gasteiger partial charge in [-0.2, -0.15) is 0 Å². The zero-order chi connectivity index (χ0) is 26.9. The summed E-state index contributed by atoms with van der Waals surface area (Å²) in [6.45, 7) is 0. The van der Waals surface area contributed by atoms with Gasteiger partial charge in [0, 0.05) is 5.02 Å². The van der Waals surface area contributed by atoms with E-state index in [4.69, 9.17) is 26.1 Å². The molecule has 0 spiro atoms. The Morgan fingerprint density at radius 3 is 2.15 bits per heavy atom. The number of thiazole rings is 1. The Balaban J connectivity index is 1.54. The Kier molecular flexibility index (Phi) is 6.98. The molecular weight excluding hydrogens is 528 g/mol. The third-order valence-electron chi connectivity index (χ3n) is 7.19. The Hall–Kier alpha value is -3.87. The predicted octanol–water partition coefficient (Wildman–Crippen LogP) is 6.15. The van der Waals surface area contributed by atoms with Gasteiger partial charge >= 0.3 is 0 Å². The van der Waals surface area contributed by atoms with Gasteiger partial charge in [0.05, 0.1) is 30.5 Å². The van der Waals surface area contributed by atoms with E-state index in [-0.39, 0.29) is 11.6 Å². The first-order valence-electron chi connectivity index (χ1n) is 12.8. The average Bonchev–Trinajstić information content (AvgIpc) is 3.28. The molecule has 1 aromatic heterocycles. The lowest BCUT2D eigenvalue weighted by molar-refractivity contribution is 0.414. The molecule has 0 saturated carbocycles. The van der Waals surface area contributed by atoms with Crippen molar-refractivity contribution in [2.75, 3.05) is 14.2 Å². The molecule has 0 radical (unpaired) electrons. The van der Waals surface area contributed by atoms with Crippen molar-refractivity contribution in [3.05, 3.63) is 131 Å². The van der Waals surface area contributed by atoms with E-state index in [1.807, 2.05) is 59.2 Å². The molecule has 5 nitrogen and oxygen atoms in total. The zero-order valence-electron chi connectivity index (χ0n) is 21.7. The number of nitrogens with zero attached hydrogens (tertiary/aromatic N) is 2. The van der Waals surface area contributed by atoms with E-state index in [0.717, 1.165) is 53.1 Å². The van der Waals surface area contributed by atoms with Crippen LogP contribution in [0.1, 0.15) is 42.0 Å². The molecule has 0 unspecified atom stereocenters. The summed E-state index contributed by atoms with van der Waals surface area (Å²) in [5, 5.41) is 0.664. The van der Waals surface area contributed by atoms with Crippen LogP contribution in [0.5, 0.6) is 11.5 Å². The number of aromatic nitrogens is 1. The lowest BCUT2D eigenvalue weighted by Crippen LogP contribution is -2.39. The minimum absolute atomic E-state index is 0.0349. The standard InChI is InChI=1S/C32H27ClN2O3S/c1-37-25-14-8-20(9-15-25)18-23-4-3-5-27-29(23)34-32-35(30(27)22-10-16-26(38-2)17-11-22)31(36)28(39-32)19-21-6-12-24(33)13-7-21/h6-19,30H,3-5H2,1-2H3/b23-18+,28-19?/t30-/m1/s1. The molecule has 39 heavy (non-hydrogen) atoms. The van der Waals surface area contributed by atoms with Gasteiger partial charge in [-0.25, -0.2) is 4.99 Å². The molecule has 1 aliphatic carbocycles. The van der Waals surface area contributed by atoms with Gasteiger partial charge in [0.2, 0.25) is 0 Å². The van der Waals surface area contributed by atoms with Crippen molar-refractivity contribution < 1.29 is 9.47 Å². The van der Waals surface area contributed by atoms with E-state index in [1.165, 1.54) is 22.5 Å². The van der Waals surface area contributed by atoms with E-state index < -0.39 is 0 Å². The lowest BCUT2D eigenvalue weighted by Gasteiger charge is -2.31. The van der Waals surface area contributed by atoms with Gasteiger partial charge in [-0.1, -0.05) is 59.3 Å². The molecule has 0 amide bonds. The highest BCUT2D eigenvalue weighted by molar-refractivity contribution is 7.07. The van der Waals surface area contributed by atoms with Crippen LogP contribution in [0.25, 0.3) is 12.2 Å². The van der Waals surface area contributed by atoms with Crippen LogP contribution in [-0.4, -0.2) is 18.8 Å². The summed E-state index contributed by atoms with van der Waals surface area (Å²) in [4.78, 5) is 19.7. The fourth-order valence-corrected chi connectivity index (χ4v) is 6.38. The molecule has 2 aliphatic rings. The largest absolute Gasteiger partial charge is 0.497 e. The summed E-state index contributed by atoms with van der Waals surface area (Å²) in [6.07, 6.45) is 6.95. The van der Waals surface area contributed by atoms with E-state index in [1.54, 1.807) is 14.2 Å². The fourth-order valence-electron chi connectivity index (χ4n) is 5.25. The van der Waals surface area contributed by atoms with Gasteiger partial charge in [0.25, 0.3) is 5.56 Å². The molecule has 7 heteroatoms. The normalized spacial score (nSPS) is 18.0. The third kappa shape index (κ3) is 4.98. The monoisotopic (exact) mass is 554 g/mol. The van der Waals surface area contributed by atoms with Gasteiger partial charge in [-0.3, -0.25) is 9.36 Å². The lowest BCUT2D eigenvalue weighted by atomic mass is 9.84. The quantitative estimate of drug-likeness (QED) is 0.297. The smallest absolute Gasteiger partial charge is 0.271 e. The van der Waals surface area contributed by atoms with Gasteiger partial charge in [0.1, 0.15) is 11.5 Å². The maximum atomic E-state index is 13.9. The first-order valence-corrected chi connectivity index (χ1v) is 14.0. The van der Waals surface area contributed by atoms with Crippen LogP contribution in [0.4, 0.5) is 0 Å². The summed E-state index contributed by atoms with van der Waals surface area (Å²) in [7, 11) is 3.33. The second-order valence-corrected chi connectivity index (χ2v) is 11.0. The molecule has 0 bridgehead atoms. The average molecular weight is 555 g/mol. The number of hydrogen-bond donors (Lipinski definition) is 0. The summed E-state index contributed by atoms with van der Waals surface area (Å²) >= 11 is 7.50. The number of allylic oxidation sites excluding steroid dienone is 2. The van der Waals surface area contributed by atoms with Crippen molar-refractivity contribution >= 4 is 35.1 Å². The van der Waals surface area contributed by atoms with Gasteiger partial charge in [-0.05, 0) is 95.6 Å². The minimum Gasteiger partial charge on any atom is -0.497 e. The van der Waals surface area contributed by atoms with Crippen molar-refractivity contribution in [1.82, 2.24) is 4.57 Å². The Morgan fingerprint density at radius 2 is 1.49 bits per heavy atom. The minimum atomic E-state index is -0.228. The summed E-state index contributed by atoms with van der Waals surface area (Å²) in [5.74, 6) is 1.61. The van der Waals surface area contributed by atoms with Crippen molar-refractivity contribution in [3.8, 4) is 11.5 Å². The van der Waals surface area contributed by atoms with E-state index in [0.29, 0.717) is 14.4 Å². The molecule has 0 fully saturated rings. The van der Waals surface area contributed by atoms with Gasteiger partial charge in [-0.15, -0.1) is 0 Å². The van der Waals surface area contributed by atoms with E-state index in [9.17, 15) is 4.79 Å². The number of hydrogen-bond acceptors (Lipinski definition) is 5. The third-order valence-corrected chi connectivity index (χ3v) is 8.42. The molecule has 0 saturated heterocycles.